The second kappa shape index (κ2) is 5.08. The van der Waals surface area contributed by atoms with Crippen molar-refractivity contribution in [2.75, 3.05) is 6.61 Å². The summed E-state index contributed by atoms with van der Waals surface area (Å²) in [6.45, 7) is -0.856. The summed E-state index contributed by atoms with van der Waals surface area (Å²) in [5.41, 5.74) is 1.85. The van der Waals surface area contributed by atoms with Crippen LogP contribution in [0.5, 0.6) is 5.75 Å². The Morgan fingerprint density at radius 2 is 2.05 bits per heavy atom. The van der Waals surface area contributed by atoms with Gasteiger partial charge in [-0.2, -0.15) is 13.2 Å². The minimum Gasteiger partial charge on any atom is -0.490 e. The maximum atomic E-state index is 12.2. The summed E-state index contributed by atoms with van der Waals surface area (Å²) in [6, 6.07) is 4.84. The van der Waals surface area contributed by atoms with Crippen LogP contribution in [0.15, 0.2) is 23.4 Å². The van der Waals surface area contributed by atoms with E-state index in [-0.39, 0.29) is 5.75 Å². The normalized spacial score (nSPS) is 18.4. The molecule has 19 heavy (non-hydrogen) atoms. The first kappa shape index (κ1) is 13.7. The number of benzene rings is 1. The molecule has 1 aliphatic rings. The summed E-state index contributed by atoms with van der Waals surface area (Å²) in [7, 11) is 0. The Bertz CT molecular complexity index is 499. The van der Waals surface area contributed by atoms with Gasteiger partial charge in [-0.3, -0.25) is 0 Å². The number of hydrogen-bond donors (Lipinski definition) is 2. The molecule has 0 saturated heterocycles. The lowest BCUT2D eigenvalue weighted by Gasteiger charge is -2.16. The molecule has 0 heterocycles. The predicted octanol–water partition coefficient (Wildman–Crippen LogP) is 2.11. The van der Waals surface area contributed by atoms with Gasteiger partial charge in [0.25, 0.3) is 0 Å². The van der Waals surface area contributed by atoms with Gasteiger partial charge in [0.15, 0.2) is 6.10 Å². The highest BCUT2D eigenvalue weighted by molar-refractivity contribution is 6.04. The lowest BCUT2D eigenvalue weighted by molar-refractivity contribution is -0.210. The molecule has 1 aromatic rings. The highest BCUT2D eigenvalue weighted by Crippen LogP contribution is 2.31. The third-order valence-electron chi connectivity index (χ3n) is 2.95. The zero-order valence-corrected chi connectivity index (χ0v) is 9.81. The van der Waals surface area contributed by atoms with Crippen LogP contribution in [-0.2, 0) is 6.42 Å². The molecule has 4 nitrogen and oxygen atoms in total. The fourth-order valence-electron chi connectivity index (χ4n) is 1.97. The predicted molar refractivity (Wildman–Crippen MR) is 60.6 cm³/mol. The molecule has 104 valence electrons. The fraction of sp³-hybridized carbons (Fsp3) is 0.417. The van der Waals surface area contributed by atoms with Crippen LogP contribution in [-0.4, -0.2) is 34.9 Å². The molecule has 1 atom stereocenters. The van der Waals surface area contributed by atoms with Crippen molar-refractivity contribution in [2.45, 2.75) is 25.1 Å². The molecule has 1 aliphatic carbocycles. The molecule has 0 saturated carbocycles. The zero-order chi connectivity index (χ0) is 14.0. The van der Waals surface area contributed by atoms with Gasteiger partial charge >= 0.3 is 6.18 Å². The van der Waals surface area contributed by atoms with Gasteiger partial charge in [0, 0.05) is 11.1 Å². The lowest BCUT2D eigenvalue weighted by Crippen LogP contribution is -2.34. The first-order valence-corrected chi connectivity index (χ1v) is 5.64. The summed E-state index contributed by atoms with van der Waals surface area (Å²) < 4.78 is 41.5. The van der Waals surface area contributed by atoms with Gasteiger partial charge in [0.2, 0.25) is 0 Å². The molecule has 0 fully saturated rings. The minimum atomic E-state index is -4.70. The largest absolute Gasteiger partial charge is 0.490 e. The van der Waals surface area contributed by atoms with Crippen molar-refractivity contribution in [2.24, 2.45) is 5.16 Å². The number of fused-ring (bicyclic) bond motifs is 1. The average molecular weight is 275 g/mol. The van der Waals surface area contributed by atoms with Crippen LogP contribution < -0.4 is 4.74 Å². The molecular weight excluding hydrogens is 263 g/mol. The summed E-state index contributed by atoms with van der Waals surface area (Å²) in [5, 5.41) is 20.8. The van der Waals surface area contributed by atoms with Gasteiger partial charge < -0.3 is 15.1 Å². The van der Waals surface area contributed by atoms with Crippen LogP contribution in [0.25, 0.3) is 0 Å². The molecule has 0 radical (unpaired) electrons. The third kappa shape index (κ3) is 2.81. The molecule has 0 spiro atoms. The minimum absolute atomic E-state index is 0.277. The molecular formula is C12H12F3NO3. The third-order valence-corrected chi connectivity index (χ3v) is 2.95. The Balaban J connectivity index is 2.13. The van der Waals surface area contributed by atoms with Crippen molar-refractivity contribution in [3.05, 3.63) is 29.3 Å². The van der Waals surface area contributed by atoms with E-state index in [1.54, 1.807) is 12.1 Å². The van der Waals surface area contributed by atoms with Gasteiger partial charge in [-0.25, -0.2) is 0 Å². The maximum Gasteiger partial charge on any atom is 0.417 e. The van der Waals surface area contributed by atoms with Crippen LogP contribution in [0.2, 0.25) is 0 Å². The van der Waals surface area contributed by atoms with Gasteiger partial charge in [0.1, 0.15) is 12.4 Å². The summed E-state index contributed by atoms with van der Waals surface area (Å²) in [6.07, 6.45) is -6.17. The number of aliphatic hydroxyl groups is 1. The fourth-order valence-corrected chi connectivity index (χ4v) is 1.97. The number of halogens is 3. The van der Waals surface area contributed by atoms with E-state index in [0.717, 1.165) is 0 Å². The molecule has 0 aliphatic heterocycles. The van der Waals surface area contributed by atoms with Crippen molar-refractivity contribution >= 4 is 5.71 Å². The molecule has 0 bridgehead atoms. The van der Waals surface area contributed by atoms with Crippen LogP contribution in [0.4, 0.5) is 13.2 Å². The van der Waals surface area contributed by atoms with Crippen molar-refractivity contribution < 1.29 is 28.2 Å². The Hall–Kier alpha value is -1.76. The SMILES string of the molecule is ON=C1CCc2c(OCC(O)C(F)(F)F)cccc21. The maximum absolute atomic E-state index is 12.2. The number of aliphatic hydroxyl groups excluding tert-OH is 1. The summed E-state index contributed by atoms with van der Waals surface area (Å²) in [4.78, 5) is 0. The van der Waals surface area contributed by atoms with E-state index in [0.29, 0.717) is 29.7 Å². The highest BCUT2D eigenvalue weighted by Gasteiger charge is 2.39. The van der Waals surface area contributed by atoms with Crippen molar-refractivity contribution in [3.8, 4) is 5.75 Å². The van der Waals surface area contributed by atoms with Gasteiger partial charge in [-0.05, 0) is 18.9 Å². The van der Waals surface area contributed by atoms with Crippen molar-refractivity contribution in [1.82, 2.24) is 0 Å². The zero-order valence-electron chi connectivity index (χ0n) is 9.81. The van der Waals surface area contributed by atoms with Crippen LogP contribution in [0, 0.1) is 0 Å². The molecule has 0 aromatic heterocycles. The highest BCUT2D eigenvalue weighted by atomic mass is 19.4. The van der Waals surface area contributed by atoms with E-state index in [2.05, 4.69) is 5.16 Å². The Morgan fingerprint density at radius 1 is 1.32 bits per heavy atom. The van der Waals surface area contributed by atoms with Crippen LogP contribution in [0.1, 0.15) is 17.5 Å². The van der Waals surface area contributed by atoms with E-state index >= 15 is 0 Å². The van der Waals surface area contributed by atoms with Gasteiger partial charge in [0.05, 0.1) is 5.71 Å². The number of hydrogen-bond acceptors (Lipinski definition) is 4. The quantitative estimate of drug-likeness (QED) is 0.656. The van der Waals surface area contributed by atoms with Crippen LogP contribution in [0.3, 0.4) is 0 Å². The van der Waals surface area contributed by atoms with Gasteiger partial charge in [-0.1, -0.05) is 17.3 Å². The first-order chi connectivity index (χ1) is 8.93. The summed E-state index contributed by atoms with van der Waals surface area (Å²) >= 11 is 0. The molecule has 0 amide bonds. The number of ether oxygens (including phenoxy) is 1. The van der Waals surface area contributed by atoms with Crippen LogP contribution >= 0.6 is 0 Å². The lowest BCUT2D eigenvalue weighted by atomic mass is 10.1. The molecule has 2 N–H and O–H groups in total. The molecule has 2 rings (SSSR count). The molecule has 1 unspecified atom stereocenters. The standard InChI is InChI=1S/C12H12F3NO3/c13-12(14,15)11(17)6-19-10-3-1-2-7-8(10)4-5-9(7)16-18/h1-3,11,17-18H,4-6H2. The van der Waals surface area contributed by atoms with E-state index in [1.807, 2.05) is 0 Å². The van der Waals surface area contributed by atoms with Crippen molar-refractivity contribution in [1.29, 1.82) is 0 Å². The van der Waals surface area contributed by atoms with E-state index in [9.17, 15) is 13.2 Å². The average Bonchev–Trinajstić information content (AvgIpc) is 2.78. The number of nitrogens with zero attached hydrogens (tertiary/aromatic N) is 1. The Labute approximate surface area is 107 Å². The number of rotatable bonds is 3. The van der Waals surface area contributed by atoms with E-state index < -0.39 is 18.9 Å². The molecule has 1 aromatic carbocycles. The first-order valence-electron chi connectivity index (χ1n) is 5.64. The second-order valence-corrected chi connectivity index (χ2v) is 4.20. The van der Waals surface area contributed by atoms with E-state index in [4.69, 9.17) is 15.1 Å². The number of oxime groups is 1. The Kier molecular flexibility index (Phi) is 3.66. The molecule has 7 heteroatoms. The topological polar surface area (TPSA) is 62.1 Å². The Morgan fingerprint density at radius 3 is 2.68 bits per heavy atom. The van der Waals surface area contributed by atoms with E-state index in [1.165, 1.54) is 6.07 Å². The van der Waals surface area contributed by atoms with Crippen molar-refractivity contribution in [3.63, 3.8) is 0 Å². The second-order valence-electron chi connectivity index (χ2n) is 4.20. The summed E-state index contributed by atoms with van der Waals surface area (Å²) in [5.74, 6) is 0.277. The van der Waals surface area contributed by atoms with Gasteiger partial charge in [-0.15, -0.1) is 0 Å². The number of alkyl halides is 3. The smallest absolute Gasteiger partial charge is 0.417 e. The monoisotopic (exact) mass is 275 g/mol.